The third-order valence-corrected chi connectivity index (χ3v) is 5.27. The number of benzene rings is 2. The van der Waals surface area contributed by atoms with E-state index < -0.39 is 0 Å². The maximum Gasteiger partial charge on any atom is 0.257 e. The van der Waals surface area contributed by atoms with Gasteiger partial charge in [-0.15, -0.1) is 0 Å². The number of nitrogens with zero attached hydrogens (tertiary/aromatic N) is 3. The van der Waals surface area contributed by atoms with E-state index >= 15 is 0 Å². The molecule has 1 fully saturated rings. The highest BCUT2D eigenvalue weighted by molar-refractivity contribution is 6.08. The number of hydrogen-bond donors (Lipinski definition) is 0. The summed E-state index contributed by atoms with van der Waals surface area (Å²) < 4.78 is 0. The molecule has 2 aliphatic rings. The lowest BCUT2D eigenvalue weighted by molar-refractivity contribution is -0.132. The smallest absolute Gasteiger partial charge is 0.257 e. The van der Waals surface area contributed by atoms with Crippen molar-refractivity contribution in [1.82, 2.24) is 5.01 Å². The number of amides is 1. The molecule has 4 heteroatoms. The molecule has 0 saturated heterocycles. The van der Waals surface area contributed by atoms with Crippen LogP contribution in [-0.4, -0.2) is 16.6 Å². The van der Waals surface area contributed by atoms with Gasteiger partial charge in [-0.2, -0.15) is 10.4 Å². The summed E-state index contributed by atoms with van der Waals surface area (Å²) in [5.41, 5.74) is 4.43. The van der Waals surface area contributed by atoms with E-state index in [1.54, 1.807) is 5.01 Å². The molecular weight excluding hydrogens is 334 g/mol. The first-order valence-electron chi connectivity index (χ1n) is 9.36. The summed E-state index contributed by atoms with van der Waals surface area (Å²) in [6.45, 7) is 0. The van der Waals surface area contributed by atoms with Gasteiger partial charge in [-0.05, 0) is 42.0 Å². The van der Waals surface area contributed by atoms with Crippen LogP contribution in [0.1, 0.15) is 42.9 Å². The van der Waals surface area contributed by atoms with Gasteiger partial charge < -0.3 is 0 Å². The zero-order chi connectivity index (χ0) is 18.6. The Balaban J connectivity index is 1.75. The quantitative estimate of drug-likeness (QED) is 0.800. The average Bonchev–Trinajstić information content (AvgIpc) is 3.10. The second-order valence-corrected chi connectivity index (χ2v) is 6.99. The maximum absolute atomic E-state index is 12.6. The maximum atomic E-state index is 12.6. The standard InChI is InChI=1S/C23H21N3O/c24-15-14-21(27)26-23(18-10-5-2-6-11-18)20-13-7-12-19(22(20)25-26)16-17-8-3-1-4-9-17/h1-6,8-11,16,20,23H,7,12-14H2/b19-16-. The number of hydrogen-bond acceptors (Lipinski definition) is 3. The molecule has 0 aromatic heterocycles. The van der Waals surface area contributed by atoms with Crippen LogP contribution in [0.2, 0.25) is 0 Å². The summed E-state index contributed by atoms with van der Waals surface area (Å²) in [5, 5.41) is 15.3. The second-order valence-electron chi connectivity index (χ2n) is 6.99. The topological polar surface area (TPSA) is 56.5 Å². The van der Waals surface area contributed by atoms with E-state index in [1.807, 2.05) is 54.6 Å². The summed E-state index contributed by atoms with van der Waals surface area (Å²) in [6.07, 6.45) is 5.08. The molecule has 0 radical (unpaired) electrons. The van der Waals surface area contributed by atoms with Gasteiger partial charge >= 0.3 is 0 Å². The molecule has 1 heterocycles. The summed E-state index contributed by atoms with van der Waals surface area (Å²) in [6, 6.07) is 22.1. The number of nitriles is 1. The molecule has 27 heavy (non-hydrogen) atoms. The molecule has 2 aromatic carbocycles. The lowest BCUT2D eigenvalue weighted by atomic mass is 9.77. The fourth-order valence-electron chi connectivity index (χ4n) is 4.09. The van der Waals surface area contributed by atoms with E-state index in [9.17, 15) is 4.79 Å². The van der Waals surface area contributed by atoms with Gasteiger partial charge in [0, 0.05) is 5.92 Å². The third kappa shape index (κ3) is 3.41. The van der Waals surface area contributed by atoms with Crippen LogP contribution in [0.15, 0.2) is 71.3 Å². The Bertz CT molecular complexity index is 925. The van der Waals surface area contributed by atoms with Gasteiger partial charge in [-0.3, -0.25) is 4.79 Å². The van der Waals surface area contributed by atoms with E-state index in [2.05, 4.69) is 18.2 Å². The first-order valence-corrected chi connectivity index (χ1v) is 9.36. The largest absolute Gasteiger partial charge is 0.272 e. The first kappa shape index (κ1) is 17.2. The average molecular weight is 355 g/mol. The van der Waals surface area contributed by atoms with Crippen LogP contribution >= 0.6 is 0 Å². The Labute approximate surface area is 159 Å². The highest BCUT2D eigenvalue weighted by atomic mass is 16.2. The van der Waals surface area contributed by atoms with Gasteiger partial charge in [0.25, 0.3) is 5.91 Å². The number of rotatable bonds is 3. The number of hydrazone groups is 1. The van der Waals surface area contributed by atoms with Crippen molar-refractivity contribution in [3.8, 4) is 6.07 Å². The molecule has 4 rings (SSSR count). The molecule has 1 aliphatic carbocycles. The van der Waals surface area contributed by atoms with Crippen molar-refractivity contribution in [2.45, 2.75) is 31.7 Å². The SMILES string of the molecule is N#CCC(=O)N1N=C2/C(=C\c3ccccc3)CCCC2C1c1ccccc1. The van der Waals surface area contributed by atoms with Crippen molar-refractivity contribution >= 4 is 17.7 Å². The molecule has 1 saturated carbocycles. The van der Waals surface area contributed by atoms with E-state index in [0.717, 1.165) is 36.1 Å². The van der Waals surface area contributed by atoms with Crippen molar-refractivity contribution in [2.24, 2.45) is 11.0 Å². The lowest BCUT2D eigenvalue weighted by Crippen LogP contribution is -2.31. The van der Waals surface area contributed by atoms with Crippen molar-refractivity contribution in [3.63, 3.8) is 0 Å². The zero-order valence-electron chi connectivity index (χ0n) is 15.1. The molecule has 2 unspecified atom stereocenters. The fraction of sp³-hybridized carbons (Fsp3) is 0.261. The Morgan fingerprint density at radius 3 is 2.56 bits per heavy atom. The van der Waals surface area contributed by atoms with Gasteiger partial charge in [-0.25, -0.2) is 5.01 Å². The number of carbonyl (C=O) groups is 1. The van der Waals surface area contributed by atoms with E-state index in [4.69, 9.17) is 10.4 Å². The highest BCUT2D eigenvalue weighted by Gasteiger charge is 2.43. The second kappa shape index (κ2) is 7.59. The summed E-state index contributed by atoms with van der Waals surface area (Å²) in [7, 11) is 0. The predicted molar refractivity (Wildman–Crippen MR) is 105 cm³/mol. The fourth-order valence-corrected chi connectivity index (χ4v) is 4.09. The number of fused-ring (bicyclic) bond motifs is 1. The molecule has 2 atom stereocenters. The Kier molecular flexibility index (Phi) is 4.84. The normalized spacial score (nSPS) is 22.9. The van der Waals surface area contributed by atoms with Crippen molar-refractivity contribution in [1.29, 1.82) is 5.26 Å². The molecule has 1 aliphatic heterocycles. The molecule has 0 spiro atoms. The van der Waals surface area contributed by atoms with E-state index in [-0.39, 0.29) is 24.3 Å². The lowest BCUT2D eigenvalue weighted by Gasteiger charge is -2.29. The molecule has 1 amide bonds. The van der Waals surface area contributed by atoms with Crippen molar-refractivity contribution in [3.05, 3.63) is 77.4 Å². The molecule has 0 bridgehead atoms. The Morgan fingerprint density at radius 2 is 1.85 bits per heavy atom. The molecule has 0 N–H and O–H groups in total. The molecule has 134 valence electrons. The van der Waals surface area contributed by atoms with Gasteiger partial charge in [-0.1, -0.05) is 60.7 Å². The van der Waals surface area contributed by atoms with Crippen LogP contribution in [-0.2, 0) is 4.79 Å². The van der Waals surface area contributed by atoms with E-state index in [0.29, 0.717) is 0 Å². The highest BCUT2D eigenvalue weighted by Crippen LogP contribution is 2.44. The predicted octanol–water partition coefficient (Wildman–Crippen LogP) is 4.72. The van der Waals surface area contributed by atoms with Crippen LogP contribution in [0.5, 0.6) is 0 Å². The minimum absolute atomic E-state index is 0.124. The molecule has 2 aromatic rings. The van der Waals surface area contributed by atoms with Crippen molar-refractivity contribution < 1.29 is 4.79 Å². The summed E-state index contributed by atoms with van der Waals surface area (Å²) in [5.74, 6) is -0.0499. The first-order chi connectivity index (χ1) is 13.3. The Hall–Kier alpha value is -3.19. The zero-order valence-corrected chi connectivity index (χ0v) is 15.1. The van der Waals surface area contributed by atoms with Gasteiger partial charge in [0.05, 0.1) is 17.8 Å². The van der Waals surface area contributed by atoms with Gasteiger partial charge in [0.15, 0.2) is 0 Å². The number of allylic oxidation sites excluding steroid dienone is 1. The van der Waals surface area contributed by atoms with Crippen LogP contribution in [0.4, 0.5) is 0 Å². The summed E-state index contributed by atoms with van der Waals surface area (Å²) in [4.78, 5) is 12.6. The minimum Gasteiger partial charge on any atom is -0.272 e. The monoisotopic (exact) mass is 355 g/mol. The van der Waals surface area contributed by atoms with Crippen molar-refractivity contribution in [2.75, 3.05) is 0 Å². The summed E-state index contributed by atoms with van der Waals surface area (Å²) >= 11 is 0. The van der Waals surface area contributed by atoms with Crippen LogP contribution in [0.25, 0.3) is 6.08 Å². The van der Waals surface area contributed by atoms with Crippen LogP contribution in [0, 0.1) is 17.2 Å². The third-order valence-electron chi connectivity index (χ3n) is 5.27. The minimum atomic E-state index is -0.229. The Morgan fingerprint density at radius 1 is 1.15 bits per heavy atom. The molecular formula is C23H21N3O. The van der Waals surface area contributed by atoms with Crippen LogP contribution in [0.3, 0.4) is 0 Å². The van der Waals surface area contributed by atoms with E-state index in [1.165, 1.54) is 5.57 Å². The molecule has 4 nitrogen and oxygen atoms in total. The number of carbonyl (C=O) groups excluding carboxylic acids is 1. The van der Waals surface area contributed by atoms with Gasteiger partial charge in [0.2, 0.25) is 0 Å². The van der Waals surface area contributed by atoms with Gasteiger partial charge in [0.1, 0.15) is 6.42 Å². The van der Waals surface area contributed by atoms with Crippen LogP contribution < -0.4 is 0 Å².